The smallest absolute Gasteiger partial charge is 0.416 e. The van der Waals surface area contributed by atoms with Crippen LogP contribution in [0.15, 0.2) is 54.6 Å². The third kappa shape index (κ3) is 6.91. The molecule has 0 aromatic heterocycles. The van der Waals surface area contributed by atoms with Crippen molar-refractivity contribution in [3.8, 4) is 0 Å². The minimum Gasteiger partial charge on any atom is -0.452 e. The Kier molecular flexibility index (Phi) is 7.57. The van der Waals surface area contributed by atoms with Gasteiger partial charge in [-0.15, -0.1) is 0 Å². The molecule has 0 heterocycles. The lowest BCUT2D eigenvalue weighted by atomic mass is 10.2. The topological polar surface area (TPSA) is 84.5 Å². The molecule has 0 radical (unpaired) electrons. The summed E-state index contributed by atoms with van der Waals surface area (Å²) >= 11 is 0. The van der Waals surface area contributed by atoms with E-state index in [1.165, 1.54) is 6.92 Å². The summed E-state index contributed by atoms with van der Waals surface area (Å²) in [6.45, 7) is 2.96. The van der Waals surface area contributed by atoms with Crippen molar-refractivity contribution in [1.82, 2.24) is 5.32 Å². The SMILES string of the molecule is CC(CC(=O)OC(C)C(=O)Nc1ccc(C(F)(F)F)cc1)NC(=O)c1ccccc1. The number of esters is 1. The van der Waals surface area contributed by atoms with Crippen molar-refractivity contribution < 1.29 is 32.3 Å². The van der Waals surface area contributed by atoms with E-state index in [4.69, 9.17) is 4.74 Å². The van der Waals surface area contributed by atoms with Crippen molar-refractivity contribution >= 4 is 23.5 Å². The molecule has 9 heteroatoms. The predicted molar refractivity (Wildman–Crippen MR) is 104 cm³/mol. The largest absolute Gasteiger partial charge is 0.452 e. The standard InChI is InChI=1S/C21H21F3N2O4/c1-13(25-20(29)15-6-4-3-5-7-15)12-18(27)30-14(2)19(28)26-17-10-8-16(9-11-17)21(22,23)24/h3-11,13-14H,12H2,1-2H3,(H,25,29)(H,26,28). The highest BCUT2D eigenvalue weighted by molar-refractivity contribution is 5.95. The summed E-state index contributed by atoms with van der Waals surface area (Å²) in [6, 6.07) is 11.8. The molecule has 2 N–H and O–H groups in total. The van der Waals surface area contributed by atoms with Crippen LogP contribution in [-0.4, -0.2) is 29.9 Å². The number of carbonyl (C=O) groups is 3. The van der Waals surface area contributed by atoms with Gasteiger partial charge in [0.1, 0.15) is 0 Å². The molecule has 0 spiro atoms. The lowest BCUT2D eigenvalue weighted by Crippen LogP contribution is -2.36. The maximum Gasteiger partial charge on any atom is 0.416 e. The molecule has 0 saturated carbocycles. The third-order valence-electron chi connectivity index (χ3n) is 4.04. The van der Waals surface area contributed by atoms with Gasteiger partial charge in [-0.3, -0.25) is 14.4 Å². The Hall–Kier alpha value is -3.36. The van der Waals surface area contributed by atoms with Crippen molar-refractivity contribution in [3.63, 3.8) is 0 Å². The van der Waals surface area contributed by atoms with Crippen LogP contribution in [0.25, 0.3) is 0 Å². The maximum atomic E-state index is 12.6. The second kappa shape index (κ2) is 9.91. The zero-order chi connectivity index (χ0) is 22.3. The molecule has 30 heavy (non-hydrogen) atoms. The van der Waals surface area contributed by atoms with Crippen LogP contribution in [0.1, 0.15) is 36.2 Å². The predicted octanol–water partition coefficient (Wildman–Crippen LogP) is 3.78. The summed E-state index contributed by atoms with van der Waals surface area (Å²) in [5.74, 6) is -1.74. The summed E-state index contributed by atoms with van der Waals surface area (Å²) in [4.78, 5) is 36.2. The highest BCUT2D eigenvalue weighted by atomic mass is 19.4. The normalized spacial score (nSPS) is 13.1. The quantitative estimate of drug-likeness (QED) is 0.665. The first-order valence-electron chi connectivity index (χ1n) is 9.10. The maximum absolute atomic E-state index is 12.6. The van der Waals surface area contributed by atoms with Crippen molar-refractivity contribution in [1.29, 1.82) is 0 Å². The highest BCUT2D eigenvalue weighted by Crippen LogP contribution is 2.29. The Morgan fingerprint density at radius 3 is 2.13 bits per heavy atom. The van der Waals surface area contributed by atoms with Crippen molar-refractivity contribution in [2.75, 3.05) is 5.32 Å². The van der Waals surface area contributed by atoms with E-state index in [1.54, 1.807) is 37.3 Å². The Labute approximate surface area is 171 Å². The summed E-state index contributed by atoms with van der Waals surface area (Å²) in [6.07, 6.45) is -5.80. The number of benzene rings is 2. The number of amides is 2. The zero-order valence-corrected chi connectivity index (χ0v) is 16.3. The first-order chi connectivity index (χ1) is 14.1. The minimum atomic E-state index is -4.47. The first-order valence-corrected chi connectivity index (χ1v) is 9.10. The number of halogens is 3. The number of nitrogens with one attached hydrogen (secondary N) is 2. The Balaban J connectivity index is 1.81. The van der Waals surface area contributed by atoms with Crippen molar-refractivity contribution in [2.24, 2.45) is 0 Å². The lowest BCUT2D eigenvalue weighted by molar-refractivity contribution is -0.153. The van der Waals surface area contributed by atoms with Gasteiger partial charge in [-0.2, -0.15) is 13.2 Å². The van der Waals surface area contributed by atoms with Gasteiger partial charge in [-0.1, -0.05) is 18.2 Å². The van der Waals surface area contributed by atoms with Crippen LogP contribution in [-0.2, 0) is 20.5 Å². The van der Waals surface area contributed by atoms with Gasteiger partial charge < -0.3 is 15.4 Å². The van der Waals surface area contributed by atoms with Gasteiger partial charge in [-0.25, -0.2) is 0 Å². The third-order valence-corrected chi connectivity index (χ3v) is 4.04. The number of carbonyl (C=O) groups excluding carboxylic acids is 3. The van der Waals surface area contributed by atoms with Gasteiger partial charge in [-0.05, 0) is 50.2 Å². The highest BCUT2D eigenvalue weighted by Gasteiger charge is 2.30. The molecular weight excluding hydrogens is 401 g/mol. The summed E-state index contributed by atoms with van der Waals surface area (Å²) in [5, 5.41) is 5.03. The van der Waals surface area contributed by atoms with Gasteiger partial charge in [0.15, 0.2) is 6.10 Å². The van der Waals surface area contributed by atoms with Crippen LogP contribution in [0.3, 0.4) is 0 Å². The molecule has 2 amide bonds. The number of rotatable bonds is 7. The summed E-state index contributed by atoms with van der Waals surface area (Å²) in [5.41, 5.74) is -0.257. The molecule has 0 bridgehead atoms. The van der Waals surface area contributed by atoms with Gasteiger partial charge >= 0.3 is 12.1 Å². The average molecular weight is 422 g/mol. The van der Waals surface area contributed by atoms with Crippen LogP contribution in [0.5, 0.6) is 0 Å². The molecule has 160 valence electrons. The lowest BCUT2D eigenvalue weighted by Gasteiger charge is -2.17. The number of anilines is 1. The fourth-order valence-corrected chi connectivity index (χ4v) is 2.48. The van der Waals surface area contributed by atoms with E-state index < -0.39 is 35.8 Å². The van der Waals surface area contributed by atoms with E-state index in [0.717, 1.165) is 24.3 Å². The van der Waals surface area contributed by atoms with Gasteiger partial charge in [0.2, 0.25) is 0 Å². The van der Waals surface area contributed by atoms with Crippen LogP contribution in [0.2, 0.25) is 0 Å². The number of alkyl halides is 3. The fraction of sp³-hybridized carbons (Fsp3) is 0.286. The average Bonchev–Trinajstić information content (AvgIpc) is 2.68. The second-order valence-corrected chi connectivity index (χ2v) is 6.64. The van der Waals surface area contributed by atoms with Crippen LogP contribution >= 0.6 is 0 Å². The zero-order valence-electron chi connectivity index (χ0n) is 16.3. The number of hydrogen-bond acceptors (Lipinski definition) is 4. The van der Waals surface area contributed by atoms with Crippen LogP contribution in [0, 0.1) is 0 Å². The van der Waals surface area contributed by atoms with Crippen LogP contribution < -0.4 is 10.6 Å². The first kappa shape index (κ1) is 22.9. The van der Waals surface area contributed by atoms with E-state index in [2.05, 4.69) is 10.6 Å². The fourth-order valence-electron chi connectivity index (χ4n) is 2.48. The van der Waals surface area contributed by atoms with E-state index in [-0.39, 0.29) is 18.0 Å². The molecule has 2 aromatic carbocycles. The summed E-state index contributed by atoms with van der Waals surface area (Å²) < 4.78 is 42.7. The molecular formula is C21H21F3N2O4. The van der Waals surface area contributed by atoms with Crippen molar-refractivity contribution in [2.45, 2.75) is 38.6 Å². The Morgan fingerprint density at radius 1 is 0.967 bits per heavy atom. The molecule has 2 atom stereocenters. The molecule has 0 saturated heterocycles. The van der Waals surface area contributed by atoms with E-state index in [9.17, 15) is 27.6 Å². The Bertz CT molecular complexity index is 883. The molecule has 0 fully saturated rings. The minimum absolute atomic E-state index is 0.138. The van der Waals surface area contributed by atoms with Crippen LogP contribution in [0.4, 0.5) is 18.9 Å². The number of hydrogen-bond donors (Lipinski definition) is 2. The van der Waals surface area contributed by atoms with E-state index >= 15 is 0 Å². The molecule has 0 aliphatic rings. The summed E-state index contributed by atoms with van der Waals surface area (Å²) in [7, 11) is 0. The molecule has 6 nitrogen and oxygen atoms in total. The van der Waals surface area contributed by atoms with Gasteiger partial charge in [0.05, 0.1) is 12.0 Å². The molecule has 2 unspecified atom stereocenters. The second-order valence-electron chi connectivity index (χ2n) is 6.64. The monoisotopic (exact) mass is 422 g/mol. The number of ether oxygens (including phenoxy) is 1. The van der Waals surface area contributed by atoms with Gasteiger partial charge in [0.25, 0.3) is 11.8 Å². The van der Waals surface area contributed by atoms with Crippen molar-refractivity contribution in [3.05, 3.63) is 65.7 Å². The van der Waals surface area contributed by atoms with E-state index in [0.29, 0.717) is 5.56 Å². The molecule has 0 aliphatic heterocycles. The Morgan fingerprint density at radius 2 is 1.57 bits per heavy atom. The molecule has 2 rings (SSSR count). The van der Waals surface area contributed by atoms with Gasteiger partial charge in [0, 0.05) is 17.3 Å². The molecule has 2 aromatic rings. The molecule has 0 aliphatic carbocycles. The van der Waals surface area contributed by atoms with E-state index in [1.807, 2.05) is 0 Å².